The summed E-state index contributed by atoms with van der Waals surface area (Å²) in [5.41, 5.74) is 1.18. The van der Waals surface area contributed by atoms with Gasteiger partial charge in [-0.05, 0) is 57.7 Å². The summed E-state index contributed by atoms with van der Waals surface area (Å²) in [5.74, 6) is -1.71. The molecule has 2 heterocycles. The first-order valence-electron chi connectivity index (χ1n) is 10.8. The van der Waals surface area contributed by atoms with Crippen LogP contribution in [0.1, 0.15) is 32.3 Å². The van der Waals surface area contributed by atoms with E-state index in [9.17, 15) is 22.0 Å². The zero-order chi connectivity index (χ0) is 24.6. The highest BCUT2D eigenvalue weighted by molar-refractivity contribution is 7.93. The Kier molecular flexibility index (Phi) is 6.39. The average molecular weight is 491 g/mol. The standard InChI is InChI=1S/C23H24F2N4O4S/c1-13(2)34(31,32)28-21-10-19(16-8-14(3)22(30)29(12-16)11-15-4-5-15)26-23(27-21)33-20-7-6-17(24)9-18(20)25/h6-10,12-13,15H,4-5,11H2,1-3H3,(H,26,27,28). The summed E-state index contributed by atoms with van der Waals surface area (Å²) in [6.07, 6.45) is 3.77. The van der Waals surface area contributed by atoms with Gasteiger partial charge in [-0.3, -0.25) is 9.52 Å². The van der Waals surface area contributed by atoms with Crippen molar-refractivity contribution in [2.45, 2.75) is 45.4 Å². The summed E-state index contributed by atoms with van der Waals surface area (Å²) in [6, 6.07) is 5.45. The molecule has 0 unspecified atom stereocenters. The third kappa shape index (κ3) is 5.41. The first-order valence-corrected chi connectivity index (χ1v) is 12.3. The Morgan fingerprint density at radius 3 is 2.56 bits per heavy atom. The maximum Gasteiger partial charge on any atom is 0.324 e. The van der Waals surface area contributed by atoms with Gasteiger partial charge in [0.2, 0.25) is 10.0 Å². The number of anilines is 1. The van der Waals surface area contributed by atoms with Gasteiger partial charge in [-0.25, -0.2) is 17.2 Å². The molecule has 0 saturated heterocycles. The molecular formula is C23H24F2N4O4S. The fourth-order valence-corrected chi connectivity index (χ4v) is 3.86. The molecule has 1 aliphatic carbocycles. The normalized spacial score (nSPS) is 13.8. The van der Waals surface area contributed by atoms with Gasteiger partial charge in [-0.2, -0.15) is 9.97 Å². The lowest BCUT2D eigenvalue weighted by atomic mass is 10.1. The Bertz CT molecular complexity index is 1400. The van der Waals surface area contributed by atoms with Gasteiger partial charge in [-0.15, -0.1) is 0 Å². The molecule has 2 aromatic heterocycles. The van der Waals surface area contributed by atoms with Crippen molar-refractivity contribution in [3.05, 3.63) is 64.1 Å². The van der Waals surface area contributed by atoms with Gasteiger partial charge in [0.05, 0.1) is 10.9 Å². The largest absolute Gasteiger partial charge is 0.421 e. The average Bonchev–Trinajstić information content (AvgIpc) is 3.57. The second kappa shape index (κ2) is 9.13. The Morgan fingerprint density at radius 1 is 1.18 bits per heavy atom. The lowest BCUT2D eigenvalue weighted by Gasteiger charge is -2.14. The predicted octanol–water partition coefficient (Wildman–Crippen LogP) is 4.24. The highest BCUT2D eigenvalue weighted by atomic mass is 32.2. The van der Waals surface area contributed by atoms with Gasteiger partial charge >= 0.3 is 6.01 Å². The Labute approximate surface area is 195 Å². The fourth-order valence-electron chi connectivity index (χ4n) is 3.23. The van der Waals surface area contributed by atoms with Crippen molar-refractivity contribution >= 4 is 15.8 Å². The maximum absolute atomic E-state index is 14.1. The number of nitrogens with one attached hydrogen (secondary N) is 1. The minimum atomic E-state index is -3.76. The molecule has 1 saturated carbocycles. The lowest BCUT2D eigenvalue weighted by Crippen LogP contribution is -2.23. The first-order chi connectivity index (χ1) is 16.0. The van der Waals surface area contributed by atoms with Gasteiger partial charge in [0.1, 0.15) is 11.6 Å². The quantitative estimate of drug-likeness (QED) is 0.507. The third-order valence-electron chi connectivity index (χ3n) is 5.38. The molecule has 0 bridgehead atoms. The molecule has 34 heavy (non-hydrogen) atoms. The van der Waals surface area contributed by atoms with Gasteiger partial charge in [-0.1, -0.05) is 0 Å². The highest BCUT2D eigenvalue weighted by Crippen LogP contribution is 2.31. The van der Waals surface area contributed by atoms with Crippen LogP contribution in [0.25, 0.3) is 11.3 Å². The fraction of sp³-hybridized carbons (Fsp3) is 0.348. The molecule has 1 N–H and O–H groups in total. The van der Waals surface area contributed by atoms with Crippen LogP contribution in [0.4, 0.5) is 14.6 Å². The summed E-state index contributed by atoms with van der Waals surface area (Å²) in [7, 11) is -3.76. The molecule has 1 aromatic carbocycles. The lowest BCUT2D eigenvalue weighted by molar-refractivity contribution is 0.409. The summed E-state index contributed by atoms with van der Waals surface area (Å²) in [6.45, 7) is 5.28. The monoisotopic (exact) mass is 490 g/mol. The molecular weight excluding hydrogens is 466 g/mol. The second-order valence-corrected chi connectivity index (χ2v) is 10.8. The number of halogens is 2. The molecule has 1 aliphatic rings. The van der Waals surface area contributed by atoms with E-state index in [1.165, 1.54) is 19.9 Å². The topological polar surface area (TPSA) is 103 Å². The van der Waals surface area contributed by atoms with Crippen LogP contribution in [0.2, 0.25) is 0 Å². The number of hydrogen-bond donors (Lipinski definition) is 1. The number of benzene rings is 1. The van der Waals surface area contributed by atoms with E-state index in [2.05, 4.69) is 14.7 Å². The number of pyridine rings is 1. The highest BCUT2D eigenvalue weighted by Gasteiger charge is 2.23. The first kappa shape index (κ1) is 23.8. The zero-order valence-electron chi connectivity index (χ0n) is 18.9. The van der Waals surface area contributed by atoms with E-state index in [4.69, 9.17) is 4.74 Å². The van der Waals surface area contributed by atoms with Crippen LogP contribution < -0.4 is 15.0 Å². The molecule has 180 valence electrons. The predicted molar refractivity (Wildman–Crippen MR) is 123 cm³/mol. The van der Waals surface area contributed by atoms with E-state index in [0.29, 0.717) is 29.7 Å². The summed E-state index contributed by atoms with van der Waals surface area (Å²) >= 11 is 0. The summed E-state index contributed by atoms with van der Waals surface area (Å²) < 4.78 is 61.7. The van der Waals surface area contributed by atoms with Gasteiger partial charge in [0.25, 0.3) is 5.56 Å². The minimum absolute atomic E-state index is 0.0891. The van der Waals surface area contributed by atoms with Crippen molar-refractivity contribution in [2.24, 2.45) is 5.92 Å². The van der Waals surface area contributed by atoms with Crippen LogP contribution in [0.15, 0.2) is 41.3 Å². The molecule has 0 atom stereocenters. The molecule has 11 heteroatoms. The van der Waals surface area contributed by atoms with Crippen LogP contribution in [0.5, 0.6) is 11.8 Å². The number of aromatic nitrogens is 3. The maximum atomic E-state index is 14.1. The van der Waals surface area contributed by atoms with Crippen molar-refractivity contribution in [1.29, 1.82) is 0 Å². The molecule has 0 radical (unpaired) electrons. The smallest absolute Gasteiger partial charge is 0.324 e. The van der Waals surface area contributed by atoms with Gasteiger partial charge < -0.3 is 9.30 Å². The number of ether oxygens (including phenoxy) is 1. The number of aryl methyl sites for hydroxylation is 1. The van der Waals surface area contributed by atoms with E-state index < -0.39 is 26.9 Å². The van der Waals surface area contributed by atoms with Crippen LogP contribution in [0, 0.1) is 24.5 Å². The van der Waals surface area contributed by atoms with Crippen LogP contribution >= 0.6 is 0 Å². The van der Waals surface area contributed by atoms with Crippen molar-refractivity contribution in [1.82, 2.24) is 14.5 Å². The number of sulfonamides is 1. The van der Waals surface area contributed by atoms with Crippen molar-refractivity contribution < 1.29 is 21.9 Å². The molecule has 0 spiro atoms. The number of nitrogens with zero attached hydrogens (tertiary/aromatic N) is 3. The van der Waals surface area contributed by atoms with E-state index >= 15 is 0 Å². The van der Waals surface area contributed by atoms with Crippen molar-refractivity contribution in [3.8, 4) is 23.0 Å². The van der Waals surface area contributed by atoms with Gasteiger partial charge in [0, 0.05) is 36.0 Å². The van der Waals surface area contributed by atoms with Crippen LogP contribution in [-0.4, -0.2) is 28.2 Å². The van der Waals surface area contributed by atoms with Crippen LogP contribution in [0.3, 0.4) is 0 Å². The van der Waals surface area contributed by atoms with Gasteiger partial charge in [0.15, 0.2) is 11.6 Å². The van der Waals surface area contributed by atoms with Crippen molar-refractivity contribution in [2.75, 3.05) is 4.72 Å². The van der Waals surface area contributed by atoms with E-state index in [1.807, 2.05) is 0 Å². The number of rotatable bonds is 8. The summed E-state index contributed by atoms with van der Waals surface area (Å²) in [5, 5.41) is -0.743. The Morgan fingerprint density at radius 2 is 1.91 bits per heavy atom. The molecule has 0 aliphatic heterocycles. The van der Waals surface area contributed by atoms with E-state index in [1.54, 1.807) is 23.8 Å². The minimum Gasteiger partial charge on any atom is -0.421 e. The molecule has 1 fully saturated rings. The number of hydrogen-bond acceptors (Lipinski definition) is 6. The molecule has 4 rings (SSSR count). The van der Waals surface area contributed by atoms with Crippen molar-refractivity contribution in [3.63, 3.8) is 0 Å². The third-order valence-corrected chi connectivity index (χ3v) is 7.12. The molecule has 8 nitrogen and oxygen atoms in total. The summed E-state index contributed by atoms with van der Waals surface area (Å²) in [4.78, 5) is 20.9. The van der Waals surface area contributed by atoms with E-state index in [-0.39, 0.29) is 28.8 Å². The van der Waals surface area contributed by atoms with E-state index in [0.717, 1.165) is 25.0 Å². The molecule has 0 amide bonds. The molecule has 3 aromatic rings. The SMILES string of the molecule is Cc1cc(-c2cc(NS(=O)(=O)C(C)C)nc(Oc3ccc(F)cc3F)n2)cn(CC2CC2)c1=O. The van der Waals surface area contributed by atoms with Crippen LogP contribution in [-0.2, 0) is 16.6 Å². The second-order valence-electron chi connectivity index (χ2n) is 8.61. The Hall–Kier alpha value is -3.34. The Balaban J connectivity index is 1.79. The zero-order valence-corrected chi connectivity index (χ0v) is 19.7.